The standard InChI is InChI=1S/C25H27FN2O3/c26-19-3-1-2-18(14-19)16-4-6-20(7-5-16)28-23(29)17-8-11-25(12-9-17)22-15-27-13-10-21(22)24(30)31-25/h1-3,10,13-17,20H,4-9,11-12H2,(H,28,29)/t16-,17-,20-,25+. The third-order valence-electron chi connectivity index (χ3n) is 7.38. The van der Waals surface area contributed by atoms with E-state index in [1.807, 2.05) is 6.07 Å². The van der Waals surface area contributed by atoms with E-state index in [9.17, 15) is 14.0 Å². The molecule has 5 nitrogen and oxygen atoms in total. The number of hydrogen-bond acceptors (Lipinski definition) is 4. The van der Waals surface area contributed by atoms with Crippen molar-refractivity contribution in [3.05, 3.63) is 65.2 Å². The molecule has 1 aliphatic heterocycles. The second-order valence-corrected chi connectivity index (χ2v) is 9.19. The minimum Gasteiger partial charge on any atom is -0.450 e. The van der Waals surface area contributed by atoms with Gasteiger partial charge in [-0.1, -0.05) is 12.1 Å². The molecule has 3 aliphatic rings. The number of amides is 1. The highest BCUT2D eigenvalue weighted by molar-refractivity contribution is 5.94. The van der Waals surface area contributed by atoms with Crippen LogP contribution < -0.4 is 5.32 Å². The van der Waals surface area contributed by atoms with E-state index in [0.717, 1.165) is 36.8 Å². The van der Waals surface area contributed by atoms with E-state index in [-0.39, 0.29) is 29.7 Å². The highest BCUT2D eigenvalue weighted by Gasteiger charge is 2.48. The summed E-state index contributed by atoms with van der Waals surface area (Å²) in [5, 5.41) is 3.25. The molecule has 2 aromatic rings. The fourth-order valence-corrected chi connectivity index (χ4v) is 5.59. The first kappa shape index (κ1) is 20.2. The largest absolute Gasteiger partial charge is 0.450 e. The summed E-state index contributed by atoms with van der Waals surface area (Å²) in [6, 6.07) is 8.77. The maximum absolute atomic E-state index is 13.5. The quantitative estimate of drug-likeness (QED) is 0.733. The number of benzene rings is 1. The summed E-state index contributed by atoms with van der Waals surface area (Å²) >= 11 is 0. The van der Waals surface area contributed by atoms with E-state index in [1.165, 1.54) is 6.07 Å². The zero-order valence-electron chi connectivity index (χ0n) is 17.5. The second-order valence-electron chi connectivity index (χ2n) is 9.19. The molecule has 2 heterocycles. The van der Waals surface area contributed by atoms with Gasteiger partial charge in [0, 0.05) is 29.9 Å². The molecule has 2 saturated carbocycles. The third-order valence-corrected chi connectivity index (χ3v) is 7.38. The second kappa shape index (κ2) is 8.06. The lowest BCUT2D eigenvalue weighted by molar-refractivity contribution is -0.129. The molecule has 2 aliphatic carbocycles. The molecule has 0 unspecified atom stereocenters. The minimum absolute atomic E-state index is 0.0500. The van der Waals surface area contributed by atoms with E-state index in [1.54, 1.807) is 30.6 Å². The number of pyridine rings is 1. The van der Waals surface area contributed by atoms with Crippen LogP contribution in [-0.4, -0.2) is 22.9 Å². The van der Waals surface area contributed by atoms with E-state index < -0.39 is 5.60 Å². The molecule has 1 aromatic carbocycles. The van der Waals surface area contributed by atoms with Crippen molar-refractivity contribution < 1.29 is 18.7 Å². The van der Waals surface area contributed by atoms with Crippen LogP contribution in [0.4, 0.5) is 4.39 Å². The van der Waals surface area contributed by atoms with Gasteiger partial charge in [0.1, 0.15) is 11.4 Å². The molecule has 1 aromatic heterocycles. The maximum atomic E-state index is 13.5. The molecule has 5 rings (SSSR count). The van der Waals surface area contributed by atoms with Gasteiger partial charge in [0.25, 0.3) is 0 Å². The van der Waals surface area contributed by atoms with Gasteiger partial charge >= 0.3 is 5.97 Å². The molecule has 0 bridgehead atoms. The zero-order valence-corrected chi connectivity index (χ0v) is 17.5. The highest BCUT2D eigenvalue weighted by Crippen LogP contribution is 2.47. The Bertz CT molecular complexity index is 992. The van der Waals surface area contributed by atoms with Gasteiger partial charge in [-0.15, -0.1) is 0 Å². The number of hydrogen-bond donors (Lipinski definition) is 1. The van der Waals surface area contributed by atoms with E-state index >= 15 is 0 Å². The van der Waals surface area contributed by atoms with Crippen LogP contribution in [-0.2, 0) is 15.1 Å². The Kier molecular flexibility index (Phi) is 5.24. The monoisotopic (exact) mass is 422 g/mol. The predicted molar refractivity (Wildman–Crippen MR) is 113 cm³/mol. The molecule has 2 fully saturated rings. The molecule has 1 amide bonds. The van der Waals surface area contributed by atoms with Gasteiger partial charge in [0.2, 0.25) is 5.91 Å². The van der Waals surface area contributed by atoms with Crippen molar-refractivity contribution in [2.45, 2.75) is 68.9 Å². The maximum Gasteiger partial charge on any atom is 0.339 e. The number of carbonyl (C=O) groups is 2. The number of nitrogens with zero attached hydrogens (tertiary/aromatic N) is 1. The van der Waals surface area contributed by atoms with Crippen molar-refractivity contribution in [3.8, 4) is 0 Å². The molecule has 6 heteroatoms. The van der Waals surface area contributed by atoms with Crippen molar-refractivity contribution in [1.29, 1.82) is 0 Å². The number of aromatic nitrogens is 1. The summed E-state index contributed by atoms with van der Waals surface area (Å²) in [6.45, 7) is 0. The fraction of sp³-hybridized carbons (Fsp3) is 0.480. The highest BCUT2D eigenvalue weighted by atomic mass is 19.1. The summed E-state index contributed by atoms with van der Waals surface area (Å²) in [7, 11) is 0. The van der Waals surface area contributed by atoms with Crippen LogP contribution in [0.25, 0.3) is 0 Å². The predicted octanol–water partition coefficient (Wildman–Crippen LogP) is 4.62. The Morgan fingerprint density at radius 2 is 1.87 bits per heavy atom. The summed E-state index contributed by atoms with van der Waals surface area (Å²) in [5.41, 5.74) is 1.92. The Hall–Kier alpha value is -2.76. The van der Waals surface area contributed by atoms with Crippen LogP contribution in [0.15, 0.2) is 42.7 Å². The van der Waals surface area contributed by atoms with Crippen LogP contribution in [0.3, 0.4) is 0 Å². The van der Waals surface area contributed by atoms with Gasteiger partial charge in [-0.2, -0.15) is 0 Å². The van der Waals surface area contributed by atoms with Gasteiger partial charge in [0.05, 0.1) is 5.56 Å². The van der Waals surface area contributed by atoms with Crippen LogP contribution in [0.1, 0.15) is 78.8 Å². The molecule has 0 atom stereocenters. The summed E-state index contributed by atoms with van der Waals surface area (Å²) in [4.78, 5) is 29.3. The number of carbonyl (C=O) groups excluding carboxylic acids is 2. The molecule has 162 valence electrons. The van der Waals surface area contributed by atoms with Crippen LogP contribution in [0, 0.1) is 11.7 Å². The smallest absolute Gasteiger partial charge is 0.339 e. The molecule has 0 radical (unpaired) electrons. The van der Waals surface area contributed by atoms with Gasteiger partial charge < -0.3 is 10.1 Å². The molecule has 1 N–H and O–H groups in total. The SMILES string of the molecule is O=C1O[C@]2(CC[C@@H](C(=O)N[C@H]3CC[C@H](c4cccc(F)c4)CC3)CC2)c2cnccc21. The number of esters is 1. The number of nitrogens with one attached hydrogen (secondary N) is 1. The molecule has 1 spiro atoms. The Balaban J connectivity index is 1.14. The first-order valence-electron chi connectivity index (χ1n) is 11.3. The lowest BCUT2D eigenvalue weighted by Crippen LogP contribution is -2.43. The van der Waals surface area contributed by atoms with Crippen molar-refractivity contribution in [1.82, 2.24) is 10.3 Å². The zero-order chi connectivity index (χ0) is 21.4. The third kappa shape index (κ3) is 3.84. The minimum atomic E-state index is -0.611. The van der Waals surface area contributed by atoms with Crippen molar-refractivity contribution in [2.24, 2.45) is 5.92 Å². The lowest BCUT2D eigenvalue weighted by atomic mass is 9.75. The van der Waals surface area contributed by atoms with Crippen LogP contribution in [0.2, 0.25) is 0 Å². The normalized spacial score (nSPS) is 30.0. The molecule has 0 saturated heterocycles. The van der Waals surface area contributed by atoms with Crippen molar-refractivity contribution in [2.75, 3.05) is 0 Å². The number of halogens is 1. The van der Waals surface area contributed by atoms with Gasteiger partial charge in [-0.3, -0.25) is 9.78 Å². The topological polar surface area (TPSA) is 68.3 Å². The van der Waals surface area contributed by atoms with Gasteiger partial charge in [-0.25, -0.2) is 9.18 Å². The average molecular weight is 423 g/mol. The van der Waals surface area contributed by atoms with E-state index in [0.29, 0.717) is 37.2 Å². The lowest BCUT2D eigenvalue weighted by Gasteiger charge is -2.36. The first-order chi connectivity index (χ1) is 15.0. The van der Waals surface area contributed by atoms with E-state index in [2.05, 4.69) is 10.3 Å². The Morgan fingerprint density at radius 1 is 1.10 bits per heavy atom. The van der Waals surface area contributed by atoms with Crippen molar-refractivity contribution in [3.63, 3.8) is 0 Å². The summed E-state index contributed by atoms with van der Waals surface area (Å²) in [6.07, 6.45) is 9.81. The summed E-state index contributed by atoms with van der Waals surface area (Å²) < 4.78 is 19.3. The van der Waals surface area contributed by atoms with E-state index in [4.69, 9.17) is 4.74 Å². The van der Waals surface area contributed by atoms with Crippen LogP contribution >= 0.6 is 0 Å². The first-order valence-corrected chi connectivity index (χ1v) is 11.3. The number of fused-ring (bicyclic) bond motifs is 2. The van der Waals surface area contributed by atoms with Crippen molar-refractivity contribution >= 4 is 11.9 Å². The molecule has 31 heavy (non-hydrogen) atoms. The summed E-state index contributed by atoms with van der Waals surface area (Å²) in [5.74, 6) is -0.0420. The Morgan fingerprint density at radius 3 is 2.61 bits per heavy atom. The number of rotatable bonds is 3. The Labute approximate surface area is 181 Å². The number of ether oxygens (including phenoxy) is 1. The average Bonchev–Trinajstić information content (AvgIpc) is 3.06. The van der Waals surface area contributed by atoms with Gasteiger partial charge in [-0.05, 0) is 81.0 Å². The van der Waals surface area contributed by atoms with Gasteiger partial charge in [0.15, 0.2) is 0 Å². The molecular formula is C25H27FN2O3. The van der Waals surface area contributed by atoms with Crippen LogP contribution in [0.5, 0.6) is 0 Å². The molecular weight excluding hydrogens is 395 g/mol. The fourth-order valence-electron chi connectivity index (χ4n) is 5.59.